The van der Waals surface area contributed by atoms with Crippen LogP contribution in [0.3, 0.4) is 0 Å². The van der Waals surface area contributed by atoms with E-state index < -0.39 is 24.5 Å². The number of ether oxygens (including phenoxy) is 1. The Labute approximate surface area is 195 Å². The zero-order valence-corrected chi connectivity index (χ0v) is 20.3. The van der Waals surface area contributed by atoms with Crippen molar-refractivity contribution in [2.24, 2.45) is 17.3 Å². The molecule has 3 amide bonds. The van der Waals surface area contributed by atoms with Crippen LogP contribution in [0.4, 0.5) is 4.79 Å². The van der Waals surface area contributed by atoms with Crippen molar-refractivity contribution >= 4 is 28.8 Å². The van der Waals surface area contributed by atoms with E-state index in [1.165, 1.54) is 0 Å². The molecule has 33 heavy (non-hydrogen) atoms. The number of hydrogen-bond donors (Lipinski definition) is 2. The van der Waals surface area contributed by atoms with Crippen molar-refractivity contribution in [2.45, 2.75) is 60.3 Å². The fraction of sp³-hybridized carbons (Fsp3) is 0.538. The molecule has 1 aromatic carbocycles. The van der Waals surface area contributed by atoms with Crippen LogP contribution in [0.1, 0.15) is 69.1 Å². The summed E-state index contributed by atoms with van der Waals surface area (Å²) in [7, 11) is 0. The van der Waals surface area contributed by atoms with Crippen LogP contribution in [-0.2, 0) is 22.4 Å². The molecule has 7 nitrogen and oxygen atoms in total. The summed E-state index contributed by atoms with van der Waals surface area (Å²) in [4.78, 5) is 42.0. The lowest BCUT2D eigenvalue weighted by Crippen LogP contribution is -2.42. The first kappa shape index (κ1) is 24.7. The Morgan fingerprint density at radius 2 is 1.94 bits per heavy atom. The van der Waals surface area contributed by atoms with E-state index in [9.17, 15) is 14.4 Å². The molecule has 3 rings (SSSR count). The van der Waals surface area contributed by atoms with Crippen LogP contribution in [-0.4, -0.2) is 36.0 Å². The molecule has 0 spiro atoms. The lowest BCUT2D eigenvalue weighted by molar-refractivity contribution is -0.123. The maximum atomic E-state index is 13.2. The highest BCUT2D eigenvalue weighted by atomic mass is 16.5. The number of benzene rings is 1. The van der Waals surface area contributed by atoms with Gasteiger partial charge in [0.2, 0.25) is 0 Å². The smallest absolute Gasteiger partial charge is 0.339 e. The Balaban J connectivity index is 1.81. The van der Waals surface area contributed by atoms with E-state index in [-0.39, 0.29) is 11.3 Å². The Hall–Kier alpha value is -2.96. The fourth-order valence-corrected chi connectivity index (χ4v) is 4.28. The summed E-state index contributed by atoms with van der Waals surface area (Å²) in [6, 6.07) is 6.93. The first-order valence-corrected chi connectivity index (χ1v) is 11.8. The SMILES string of the molecule is CCC(C)(C)C1CCc2nc3ccccc3c(C(=O)OCC(=O)NC(=O)NCC(C)C)c2C1. The normalized spacial score (nSPS) is 15.8. The number of carbonyl (C=O) groups is 3. The second kappa shape index (κ2) is 10.3. The number of carbonyl (C=O) groups excluding carboxylic acids is 3. The number of nitrogens with zero attached hydrogens (tertiary/aromatic N) is 1. The van der Waals surface area contributed by atoms with Crippen molar-refractivity contribution in [1.82, 2.24) is 15.6 Å². The van der Waals surface area contributed by atoms with E-state index in [0.717, 1.165) is 47.8 Å². The van der Waals surface area contributed by atoms with Crippen LogP contribution in [0.25, 0.3) is 10.9 Å². The average Bonchev–Trinajstić information content (AvgIpc) is 2.79. The number of pyridine rings is 1. The first-order chi connectivity index (χ1) is 15.6. The van der Waals surface area contributed by atoms with Gasteiger partial charge in [-0.15, -0.1) is 0 Å². The van der Waals surface area contributed by atoms with E-state index in [2.05, 4.69) is 31.4 Å². The topological polar surface area (TPSA) is 97.4 Å². The number of urea groups is 1. The van der Waals surface area contributed by atoms with Gasteiger partial charge in [0, 0.05) is 17.6 Å². The van der Waals surface area contributed by atoms with E-state index >= 15 is 0 Å². The summed E-state index contributed by atoms with van der Waals surface area (Å²) >= 11 is 0. The van der Waals surface area contributed by atoms with Crippen LogP contribution in [0.5, 0.6) is 0 Å². The van der Waals surface area contributed by atoms with E-state index in [1.54, 1.807) is 0 Å². The molecule has 1 unspecified atom stereocenters. The summed E-state index contributed by atoms with van der Waals surface area (Å²) in [6.07, 6.45) is 3.64. The summed E-state index contributed by atoms with van der Waals surface area (Å²) < 4.78 is 5.38. The molecule has 0 radical (unpaired) electrons. The molecular formula is C26H35N3O4. The number of para-hydroxylation sites is 1. The monoisotopic (exact) mass is 453 g/mol. The van der Waals surface area contributed by atoms with Gasteiger partial charge in [0.1, 0.15) is 0 Å². The van der Waals surface area contributed by atoms with Gasteiger partial charge in [-0.05, 0) is 48.1 Å². The van der Waals surface area contributed by atoms with Gasteiger partial charge in [-0.25, -0.2) is 9.59 Å². The minimum atomic E-state index is -0.665. The third-order valence-corrected chi connectivity index (χ3v) is 6.74. The number of amides is 3. The van der Waals surface area contributed by atoms with Gasteiger partial charge >= 0.3 is 12.0 Å². The highest BCUT2D eigenvalue weighted by Gasteiger charge is 2.34. The van der Waals surface area contributed by atoms with Crippen LogP contribution >= 0.6 is 0 Å². The zero-order valence-electron chi connectivity index (χ0n) is 20.3. The number of aryl methyl sites for hydroxylation is 1. The molecule has 1 heterocycles. The molecule has 2 N–H and O–H groups in total. The number of rotatable bonds is 7. The van der Waals surface area contributed by atoms with Gasteiger partial charge in [-0.3, -0.25) is 15.1 Å². The van der Waals surface area contributed by atoms with Gasteiger partial charge in [-0.1, -0.05) is 59.2 Å². The Morgan fingerprint density at radius 1 is 1.21 bits per heavy atom. The lowest BCUT2D eigenvalue weighted by Gasteiger charge is -2.37. The lowest BCUT2D eigenvalue weighted by atomic mass is 9.68. The van der Waals surface area contributed by atoms with Crippen LogP contribution < -0.4 is 10.6 Å². The molecule has 1 aromatic heterocycles. The standard InChI is InChI=1S/C26H35N3O4/c1-6-26(4,5)17-11-12-21-19(13-17)23(18-9-7-8-10-20(18)28-21)24(31)33-15-22(30)29-25(32)27-14-16(2)3/h7-10,16-17H,6,11-15H2,1-5H3,(H2,27,29,30,32). The average molecular weight is 454 g/mol. The first-order valence-electron chi connectivity index (χ1n) is 11.8. The minimum Gasteiger partial charge on any atom is -0.452 e. The summed E-state index contributed by atoms with van der Waals surface area (Å²) in [5, 5.41) is 5.53. The molecule has 2 aromatic rings. The van der Waals surface area contributed by atoms with Crippen molar-refractivity contribution in [2.75, 3.05) is 13.2 Å². The number of hydrogen-bond acceptors (Lipinski definition) is 5. The van der Waals surface area contributed by atoms with Crippen LogP contribution in [0.15, 0.2) is 24.3 Å². The Morgan fingerprint density at radius 3 is 2.64 bits per heavy atom. The largest absolute Gasteiger partial charge is 0.452 e. The molecule has 0 saturated heterocycles. The molecule has 1 aliphatic carbocycles. The van der Waals surface area contributed by atoms with E-state index in [0.29, 0.717) is 18.0 Å². The van der Waals surface area contributed by atoms with Crippen LogP contribution in [0, 0.1) is 17.3 Å². The van der Waals surface area contributed by atoms with Crippen molar-refractivity contribution in [1.29, 1.82) is 0 Å². The second-order valence-electron chi connectivity index (χ2n) is 9.94. The predicted octanol–water partition coefficient (Wildman–Crippen LogP) is 4.41. The maximum Gasteiger partial charge on any atom is 0.339 e. The Bertz CT molecular complexity index is 1050. The van der Waals surface area contributed by atoms with Gasteiger partial charge in [0.25, 0.3) is 5.91 Å². The number of esters is 1. The fourth-order valence-electron chi connectivity index (χ4n) is 4.28. The van der Waals surface area contributed by atoms with Crippen molar-refractivity contribution in [3.8, 4) is 0 Å². The predicted molar refractivity (Wildman–Crippen MR) is 128 cm³/mol. The third-order valence-electron chi connectivity index (χ3n) is 6.74. The number of fused-ring (bicyclic) bond motifs is 2. The molecule has 0 fully saturated rings. The quantitative estimate of drug-likeness (QED) is 0.605. The number of aromatic nitrogens is 1. The molecule has 7 heteroatoms. The molecule has 0 saturated carbocycles. The van der Waals surface area contributed by atoms with Crippen LogP contribution in [0.2, 0.25) is 0 Å². The van der Waals surface area contributed by atoms with E-state index in [4.69, 9.17) is 9.72 Å². The third kappa shape index (κ3) is 5.89. The molecule has 0 bridgehead atoms. The van der Waals surface area contributed by atoms with Gasteiger partial charge in [-0.2, -0.15) is 0 Å². The highest BCUT2D eigenvalue weighted by Crippen LogP contribution is 2.41. The number of nitrogens with one attached hydrogen (secondary N) is 2. The van der Waals surface area contributed by atoms with Gasteiger partial charge in [0.05, 0.1) is 11.1 Å². The molecule has 0 aliphatic heterocycles. The van der Waals surface area contributed by atoms with Crippen molar-refractivity contribution in [3.05, 3.63) is 41.1 Å². The van der Waals surface area contributed by atoms with E-state index in [1.807, 2.05) is 38.1 Å². The minimum absolute atomic E-state index is 0.147. The summed E-state index contributed by atoms with van der Waals surface area (Å²) in [6.45, 7) is 10.6. The summed E-state index contributed by atoms with van der Waals surface area (Å²) in [5.74, 6) is -0.534. The number of imide groups is 1. The molecular weight excluding hydrogens is 418 g/mol. The molecule has 1 atom stereocenters. The zero-order chi connectivity index (χ0) is 24.2. The van der Waals surface area contributed by atoms with Crippen molar-refractivity contribution < 1.29 is 19.1 Å². The molecule has 1 aliphatic rings. The molecule has 178 valence electrons. The second-order valence-corrected chi connectivity index (χ2v) is 9.94. The Kier molecular flexibility index (Phi) is 7.72. The van der Waals surface area contributed by atoms with Gasteiger partial charge in [0.15, 0.2) is 6.61 Å². The highest BCUT2D eigenvalue weighted by molar-refractivity contribution is 6.06. The van der Waals surface area contributed by atoms with Gasteiger partial charge < -0.3 is 10.1 Å². The van der Waals surface area contributed by atoms with Crippen molar-refractivity contribution in [3.63, 3.8) is 0 Å². The maximum absolute atomic E-state index is 13.2. The summed E-state index contributed by atoms with van der Waals surface area (Å²) in [5.41, 5.74) is 3.24.